The molecule has 0 bridgehead atoms. The summed E-state index contributed by atoms with van der Waals surface area (Å²) in [5, 5.41) is 9.72. The Labute approximate surface area is 243 Å². The lowest BCUT2D eigenvalue weighted by Gasteiger charge is -2.28. The summed E-state index contributed by atoms with van der Waals surface area (Å²) in [5.74, 6) is -2.86. The molecule has 0 aromatic heterocycles. The number of carboxylic acids is 1. The molecule has 11 heteroatoms. The van der Waals surface area contributed by atoms with Crippen molar-refractivity contribution in [3.05, 3.63) is 23.8 Å². The van der Waals surface area contributed by atoms with Crippen LogP contribution < -0.4 is 15.2 Å². The molecule has 0 spiro atoms. The van der Waals surface area contributed by atoms with Crippen LogP contribution in [0, 0.1) is 5.41 Å². The molecule has 0 fully saturated rings. The molecule has 41 heavy (non-hydrogen) atoms. The van der Waals surface area contributed by atoms with Gasteiger partial charge in [0.15, 0.2) is 11.5 Å². The van der Waals surface area contributed by atoms with E-state index in [1.165, 1.54) is 18.2 Å². The van der Waals surface area contributed by atoms with Crippen molar-refractivity contribution in [2.75, 3.05) is 0 Å². The van der Waals surface area contributed by atoms with Crippen LogP contribution in [0.4, 0.5) is 9.59 Å². The maximum absolute atomic E-state index is 12.6. The maximum Gasteiger partial charge on any atom is 0.514 e. The molecular weight excluding hydrogens is 534 g/mol. The molecule has 0 aliphatic rings. The number of carbonyl (C=O) groups is 4. The first kappa shape index (κ1) is 35.7. The highest BCUT2D eigenvalue weighted by atomic mass is 16.7. The molecule has 5 atom stereocenters. The second-order valence-corrected chi connectivity index (χ2v) is 11.0. The van der Waals surface area contributed by atoms with Crippen LogP contribution in [0.2, 0.25) is 0 Å². The normalized spacial score (nSPS) is 15.0. The van der Waals surface area contributed by atoms with Crippen LogP contribution in [0.5, 0.6) is 11.5 Å². The molecule has 4 unspecified atom stereocenters. The molecule has 0 aliphatic carbocycles. The molecule has 1 aromatic rings. The number of hydrogen-bond donors (Lipinski definition) is 2. The van der Waals surface area contributed by atoms with Crippen molar-refractivity contribution in [1.82, 2.24) is 0 Å². The molecule has 0 radical (unpaired) electrons. The van der Waals surface area contributed by atoms with Crippen LogP contribution in [-0.2, 0) is 23.8 Å². The molecule has 1 aromatic carbocycles. The number of nitrogens with two attached hydrogens (primary N) is 1. The van der Waals surface area contributed by atoms with Crippen molar-refractivity contribution >= 4 is 24.2 Å². The molecule has 11 nitrogen and oxygen atoms in total. The van der Waals surface area contributed by atoms with Gasteiger partial charge in [0.2, 0.25) is 0 Å². The average molecular weight is 582 g/mol. The number of hydrogen-bond acceptors (Lipinski definition) is 10. The molecule has 0 amide bonds. The first-order chi connectivity index (χ1) is 19.1. The minimum Gasteiger partial charge on any atom is -0.480 e. The Bertz CT molecular complexity index is 1020. The first-order valence-corrected chi connectivity index (χ1v) is 14.2. The zero-order valence-electron chi connectivity index (χ0n) is 25.6. The maximum atomic E-state index is 12.6. The lowest BCUT2D eigenvalue weighted by molar-refractivity contribution is -0.159. The number of carboxylic acid groups (broad SMARTS) is 1. The quantitative estimate of drug-likeness (QED) is 0.127. The van der Waals surface area contributed by atoms with Gasteiger partial charge in [0.1, 0.15) is 18.2 Å². The monoisotopic (exact) mass is 581 g/mol. The van der Waals surface area contributed by atoms with E-state index in [4.69, 9.17) is 29.4 Å². The summed E-state index contributed by atoms with van der Waals surface area (Å²) in [6, 6.07) is 2.85. The summed E-state index contributed by atoms with van der Waals surface area (Å²) in [7, 11) is 0. The van der Waals surface area contributed by atoms with E-state index < -0.39 is 59.9 Å². The van der Waals surface area contributed by atoms with Crippen LogP contribution in [0.1, 0.15) is 105 Å². The Morgan fingerprint density at radius 1 is 0.829 bits per heavy atom. The highest BCUT2D eigenvalue weighted by Crippen LogP contribution is 2.35. The molecule has 0 saturated carbocycles. The predicted molar refractivity (Wildman–Crippen MR) is 152 cm³/mol. The fraction of sp³-hybridized carbons (Fsp3) is 0.667. The van der Waals surface area contributed by atoms with E-state index in [1.807, 2.05) is 20.8 Å². The van der Waals surface area contributed by atoms with Gasteiger partial charge in [0, 0.05) is 5.92 Å². The van der Waals surface area contributed by atoms with E-state index in [9.17, 15) is 24.3 Å². The lowest BCUT2D eigenvalue weighted by Crippen LogP contribution is -2.39. The van der Waals surface area contributed by atoms with Crippen molar-refractivity contribution in [1.29, 1.82) is 0 Å². The first-order valence-electron chi connectivity index (χ1n) is 14.2. The predicted octanol–water partition coefficient (Wildman–Crippen LogP) is 6.35. The molecule has 0 heterocycles. The van der Waals surface area contributed by atoms with Crippen LogP contribution >= 0.6 is 0 Å². The molecule has 232 valence electrons. The molecule has 0 saturated heterocycles. The number of benzene rings is 1. The Hall–Kier alpha value is -3.34. The van der Waals surface area contributed by atoms with E-state index in [0.717, 1.165) is 12.8 Å². The highest BCUT2D eigenvalue weighted by Gasteiger charge is 2.33. The zero-order chi connectivity index (χ0) is 31.3. The third-order valence-corrected chi connectivity index (χ3v) is 6.82. The summed E-state index contributed by atoms with van der Waals surface area (Å²) in [6.07, 6.45) is -0.0591. The van der Waals surface area contributed by atoms with E-state index >= 15 is 0 Å². The van der Waals surface area contributed by atoms with Crippen LogP contribution in [0.3, 0.4) is 0 Å². The van der Waals surface area contributed by atoms with Gasteiger partial charge in [-0.3, -0.25) is 9.59 Å². The molecule has 3 N–H and O–H groups in total. The Kier molecular flexibility index (Phi) is 14.6. The van der Waals surface area contributed by atoms with Gasteiger partial charge < -0.3 is 34.5 Å². The third kappa shape index (κ3) is 12.0. The number of rotatable bonds is 16. The number of aliphatic carboxylic acids is 1. The zero-order valence-corrected chi connectivity index (χ0v) is 25.6. The fourth-order valence-corrected chi connectivity index (χ4v) is 3.96. The minimum absolute atomic E-state index is 0.0627. The second-order valence-electron chi connectivity index (χ2n) is 11.0. The fourth-order valence-electron chi connectivity index (χ4n) is 3.96. The number of ether oxygens (including phenoxy) is 5. The summed E-state index contributed by atoms with van der Waals surface area (Å²) < 4.78 is 26.9. The van der Waals surface area contributed by atoms with E-state index in [2.05, 4.69) is 0 Å². The van der Waals surface area contributed by atoms with Gasteiger partial charge >= 0.3 is 24.2 Å². The van der Waals surface area contributed by atoms with Crippen molar-refractivity contribution in [3.63, 3.8) is 0 Å². The largest absolute Gasteiger partial charge is 0.514 e. The average Bonchev–Trinajstić information content (AvgIpc) is 2.87. The van der Waals surface area contributed by atoms with Gasteiger partial charge in [-0.15, -0.1) is 0 Å². The Balaban J connectivity index is 3.38. The third-order valence-electron chi connectivity index (χ3n) is 6.82. The van der Waals surface area contributed by atoms with Crippen molar-refractivity contribution in [3.8, 4) is 11.5 Å². The van der Waals surface area contributed by atoms with E-state index in [-0.39, 0.29) is 17.9 Å². The summed E-state index contributed by atoms with van der Waals surface area (Å²) in [5.41, 5.74) is 5.71. The lowest BCUT2D eigenvalue weighted by atomic mass is 9.86. The Morgan fingerprint density at radius 2 is 1.34 bits per heavy atom. The van der Waals surface area contributed by atoms with Gasteiger partial charge in [-0.05, 0) is 78.0 Å². The highest BCUT2D eigenvalue weighted by molar-refractivity contribution is 5.76. The Morgan fingerprint density at radius 3 is 1.80 bits per heavy atom. The summed E-state index contributed by atoms with van der Waals surface area (Å²) in [4.78, 5) is 49.5. The van der Waals surface area contributed by atoms with Crippen LogP contribution in [-0.4, -0.2) is 53.7 Å². The topological polar surface area (TPSA) is 161 Å². The van der Waals surface area contributed by atoms with Crippen molar-refractivity contribution < 1.29 is 48.0 Å². The van der Waals surface area contributed by atoms with Crippen molar-refractivity contribution in [2.24, 2.45) is 11.1 Å². The number of carbonyl (C=O) groups excluding carboxylic acids is 3. The van der Waals surface area contributed by atoms with E-state index in [1.54, 1.807) is 34.6 Å². The van der Waals surface area contributed by atoms with Gasteiger partial charge in [0.25, 0.3) is 0 Å². The summed E-state index contributed by atoms with van der Waals surface area (Å²) in [6.45, 7) is 14.4. The van der Waals surface area contributed by atoms with Crippen LogP contribution in [0.15, 0.2) is 18.2 Å². The van der Waals surface area contributed by atoms with Crippen LogP contribution in [0.25, 0.3) is 0 Å². The van der Waals surface area contributed by atoms with Gasteiger partial charge in [0.05, 0.1) is 11.5 Å². The summed E-state index contributed by atoms with van der Waals surface area (Å²) >= 11 is 0. The molecule has 0 aliphatic heterocycles. The van der Waals surface area contributed by atoms with E-state index in [0.29, 0.717) is 24.8 Å². The van der Waals surface area contributed by atoms with Gasteiger partial charge in [-0.2, -0.15) is 0 Å². The number of esters is 1. The smallest absolute Gasteiger partial charge is 0.480 e. The SMILES string of the molecule is CCCC(C)OC(=O)Oc1ccc(C(CC(C)OC(=O)C(C)(C)CC)[C@H](N)C(=O)O)cc1OC(=O)OC(C)CCC. The van der Waals surface area contributed by atoms with Gasteiger partial charge in [-0.1, -0.05) is 39.7 Å². The minimum atomic E-state index is -1.38. The van der Waals surface area contributed by atoms with Crippen molar-refractivity contribution in [2.45, 2.75) is 124 Å². The second kappa shape index (κ2) is 16.8. The molecule has 1 rings (SSSR count). The van der Waals surface area contributed by atoms with Gasteiger partial charge in [-0.25, -0.2) is 9.59 Å². The molecular formula is C30H47NO10. The standard InChI is InChI=1S/C30H47NO10/c1-9-12-18(4)38-28(35)40-23-15-14-21(17-24(23)41-29(36)39-19(5)13-10-2)22(25(31)26(32)33)16-20(6)37-27(34)30(7,8)11-3/h14-15,17-20,22,25H,9-13,16,31H2,1-8H3,(H,32,33)/t18?,19?,20?,22?,25-/m0/s1.